The van der Waals surface area contributed by atoms with E-state index in [9.17, 15) is 4.79 Å². The van der Waals surface area contributed by atoms with Gasteiger partial charge in [-0.15, -0.1) is 0 Å². The molecule has 0 bridgehead atoms. The van der Waals surface area contributed by atoms with E-state index in [1.165, 1.54) is 14.2 Å². The van der Waals surface area contributed by atoms with E-state index in [4.69, 9.17) is 23.7 Å². The van der Waals surface area contributed by atoms with Crippen LogP contribution in [0.3, 0.4) is 0 Å². The Bertz CT molecular complexity index is 652. The minimum atomic E-state index is -0.691. The van der Waals surface area contributed by atoms with Crippen LogP contribution in [0.1, 0.15) is 26.2 Å². The second kappa shape index (κ2) is 7.38. The number of methoxy groups -OCH3 is 2. The fourth-order valence-electron chi connectivity index (χ4n) is 3.56. The first-order valence-corrected chi connectivity index (χ1v) is 9.84. The van der Waals surface area contributed by atoms with Crippen molar-refractivity contribution >= 4 is 17.9 Å². The van der Waals surface area contributed by atoms with E-state index in [1.807, 2.05) is 6.26 Å². The van der Waals surface area contributed by atoms with Gasteiger partial charge in [-0.1, -0.05) is 6.92 Å². The van der Waals surface area contributed by atoms with Crippen molar-refractivity contribution in [3.63, 3.8) is 0 Å². The topological polar surface area (TPSA) is 89.0 Å². The molecular weight excluding hydrogens is 360 g/mol. The summed E-state index contributed by atoms with van der Waals surface area (Å²) in [5.74, 6) is 1.42. The Morgan fingerprint density at radius 1 is 1.31 bits per heavy atom. The molecule has 1 aromatic heterocycles. The smallest absolute Gasteiger partial charge is 0.481 e. The third kappa shape index (κ3) is 3.49. The quantitative estimate of drug-likeness (QED) is 0.496. The number of ether oxygens (including phenoxy) is 5. The fraction of sp³-hybridized carbons (Fsp3) is 0.706. The van der Waals surface area contributed by atoms with Crippen molar-refractivity contribution in [1.29, 1.82) is 0 Å². The van der Waals surface area contributed by atoms with Crippen LogP contribution in [0.5, 0.6) is 17.8 Å². The number of fused-ring (bicyclic) bond motifs is 1. The molecule has 1 heterocycles. The molecule has 3 atom stereocenters. The summed E-state index contributed by atoms with van der Waals surface area (Å²) in [5.41, 5.74) is -0.789. The third-order valence-corrected chi connectivity index (χ3v) is 5.70. The molecule has 9 heteroatoms. The van der Waals surface area contributed by atoms with Crippen LogP contribution in [0, 0.1) is 5.41 Å². The predicted molar refractivity (Wildman–Crippen MR) is 95.1 cm³/mol. The van der Waals surface area contributed by atoms with Crippen molar-refractivity contribution in [3.8, 4) is 17.8 Å². The molecule has 0 saturated heterocycles. The van der Waals surface area contributed by atoms with E-state index in [1.54, 1.807) is 17.8 Å². The maximum Gasteiger partial charge on any atom is 0.509 e. The molecular formula is C17H24N2O6S. The summed E-state index contributed by atoms with van der Waals surface area (Å²) in [5, 5.41) is 0. The molecule has 8 nitrogen and oxygen atoms in total. The Morgan fingerprint density at radius 2 is 2.00 bits per heavy atom. The number of thioether (sulfide) groups is 1. The summed E-state index contributed by atoms with van der Waals surface area (Å²) in [6.45, 7) is 2.42. The lowest BCUT2D eigenvalue weighted by atomic mass is 10.1. The first-order valence-electron chi connectivity index (χ1n) is 8.45. The van der Waals surface area contributed by atoms with Gasteiger partial charge < -0.3 is 23.7 Å². The van der Waals surface area contributed by atoms with Crippen LogP contribution in [0.25, 0.3) is 0 Å². The van der Waals surface area contributed by atoms with E-state index >= 15 is 0 Å². The molecule has 0 N–H and O–H groups in total. The van der Waals surface area contributed by atoms with Crippen LogP contribution in [0.2, 0.25) is 0 Å². The van der Waals surface area contributed by atoms with Crippen molar-refractivity contribution in [2.75, 3.05) is 32.8 Å². The number of nitrogens with zero attached hydrogens (tertiary/aromatic N) is 2. The third-order valence-electron chi connectivity index (χ3n) is 5.13. The standard InChI is InChI=1S/C17H24N2O6S/c1-16-6-5-11(17(16,10-16)25-15(20)23-7-8-26-4)24-14-18-12(21-2)9-13(19-14)22-3/h9,11H,5-8,10H2,1-4H3. The first kappa shape index (κ1) is 18.9. The summed E-state index contributed by atoms with van der Waals surface area (Å²) in [7, 11) is 3.02. The van der Waals surface area contributed by atoms with Gasteiger partial charge in [0.05, 0.1) is 20.3 Å². The maximum atomic E-state index is 12.1. The average Bonchev–Trinajstić information content (AvgIpc) is 3.14. The van der Waals surface area contributed by atoms with Crippen molar-refractivity contribution in [2.45, 2.75) is 37.9 Å². The Hall–Kier alpha value is -1.90. The lowest BCUT2D eigenvalue weighted by molar-refractivity contribution is -0.0405. The molecule has 2 saturated carbocycles. The van der Waals surface area contributed by atoms with Gasteiger partial charge >= 0.3 is 12.2 Å². The highest BCUT2D eigenvalue weighted by molar-refractivity contribution is 7.98. The molecule has 144 valence electrons. The van der Waals surface area contributed by atoms with Crippen LogP contribution in [0.15, 0.2) is 6.07 Å². The van der Waals surface area contributed by atoms with Gasteiger partial charge in [0.15, 0.2) is 5.60 Å². The lowest BCUT2D eigenvalue weighted by Crippen LogP contribution is -2.38. The van der Waals surface area contributed by atoms with Gasteiger partial charge in [0.2, 0.25) is 11.8 Å². The van der Waals surface area contributed by atoms with Crippen molar-refractivity contribution in [3.05, 3.63) is 6.07 Å². The summed E-state index contributed by atoms with van der Waals surface area (Å²) < 4.78 is 27.1. The fourth-order valence-corrected chi connectivity index (χ4v) is 3.81. The van der Waals surface area contributed by atoms with Gasteiger partial charge in [0, 0.05) is 17.6 Å². The summed E-state index contributed by atoms with van der Waals surface area (Å²) >= 11 is 1.61. The minimum Gasteiger partial charge on any atom is -0.481 e. The van der Waals surface area contributed by atoms with Crippen LogP contribution in [-0.2, 0) is 9.47 Å². The molecule has 0 radical (unpaired) electrons. The molecule has 0 aromatic carbocycles. The highest BCUT2D eigenvalue weighted by Gasteiger charge is 2.76. The van der Waals surface area contributed by atoms with E-state index in [0.29, 0.717) is 18.4 Å². The van der Waals surface area contributed by atoms with Crippen LogP contribution in [0.4, 0.5) is 4.79 Å². The molecule has 0 aliphatic heterocycles. The number of carbonyl (C=O) groups excluding carboxylic acids is 1. The Labute approximate surface area is 156 Å². The molecule has 26 heavy (non-hydrogen) atoms. The number of hydrogen-bond donors (Lipinski definition) is 0. The zero-order chi connectivity index (χ0) is 18.8. The minimum absolute atomic E-state index is 0.0981. The van der Waals surface area contributed by atoms with E-state index in [0.717, 1.165) is 25.0 Å². The molecule has 0 spiro atoms. The molecule has 3 rings (SSSR count). The highest BCUT2D eigenvalue weighted by atomic mass is 32.2. The van der Waals surface area contributed by atoms with Gasteiger partial charge in [-0.05, 0) is 19.1 Å². The number of carbonyl (C=O) groups is 1. The Balaban J connectivity index is 1.71. The second-order valence-electron chi connectivity index (χ2n) is 6.70. The number of rotatable bonds is 8. The molecule has 1 aromatic rings. The highest BCUT2D eigenvalue weighted by Crippen LogP contribution is 2.69. The largest absolute Gasteiger partial charge is 0.509 e. The zero-order valence-corrected chi connectivity index (χ0v) is 16.3. The summed E-state index contributed by atoms with van der Waals surface area (Å²) in [6.07, 6.45) is 3.35. The number of hydrogen-bond acceptors (Lipinski definition) is 9. The maximum absolute atomic E-state index is 12.1. The Morgan fingerprint density at radius 3 is 2.58 bits per heavy atom. The normalized spacial score (nSPS) is 28.8. The van der Waals surface area contributed by atoms with E-state index in [-0.39, 0.29) is 17.5 Å². The van der Waals surface area contributed by atoms with Crippen molar-refractivity contribution in [2.24, 2.45) is 5.41 Å². The van der Waals surface area contributed by atoms with Gasteiger partial charge in [0.25, 0.3) is 0 Å². The lowest BCUT2D eigenvalue weighted by Gasteiger charge is -2.24. The van der Waals surface area contributed by atoms with Gasteiger partial charge in [-0.25, -0.2) is 4.79 Å². The molecule has 2 aliphatic rings. The van der Waals surface area contributed by atoms with Crippen LogP contribution < -0.4 is 14.2 Å². The monoisotopic (exact) mass is 384 g/mol. The van der Waals surface area contributed by atoms with Gasteiger partial charge in [0.1, 0.15) is 12.7 Å². The van der Waals surface area contributed by atoms with Crippen molar-refractivity contribution in [1.82, 2.24) is 9.97 Å². The predicted octanol–water partition coefficient (Wildman–Crippen LogP) is 2.70. The molecule has 2 aliphatic carbocycles. The summed E-state index contributed by atoms with van der Waals surface area (Å²) in [6, 6.07) is 1.71. The SMILES string of the molecule is COc1cc(OC)nc(OC2CCC3(C)CC23OC(=O)OCCSC)n1. The average molecular weight is 384 g/mol. The Kier molecular flexibility index (Phi) is 5.36. The second-order valence-corrected chi connectivity index (χ2v) is 7.69. The van der Waals surface area contributed by atoms with Gasteiger partial charge in [-0.2, -0.15) is 21.7 Å². The number of aromatic nitrogens is 2. The summed E-state index contributed by atoms with van der Waals surface area (Å²) in [4.78, 5) is 20.5. The van der Waals surface area contributed by atoms with Crippen LogP contribution in [-0.4, -0.2) is 60.7 Å². The van der Waals surface area contributed by atoms with Gasteiger partial charge in [-0.3, -0.25) is 0 Å². The van der Waals surface area contributed by atoms with E-state index < -0.39 is 11.8 Å². The molecule has 2 fully saturated rings. The zero-order valence-electron chi connectivity index (χ0n) is 15.4. The van der Waals surface area contributed by atoms with Crippen molar-refractivity contribution < 1.29 is 28.5 Å². The van der Waals surface area contributed by atoms with E-state index in [2.05, 4.69) is 16.9 Å². The first-order chi connectivity index (χ1) is 12.5. The van der Waals surface area contributed by atoms with Crippen LogP contribution >= 0.6 is 11.8 Å². The molecule has 3 unspecified atom stereocenters. The molecule has 0 amide bonds.